The first-order valence-corrected chi connectivity index (χ1v) is 4.61. The molecule has 4 nitrogen and oxygen atoms in total. The Morgan fingerprint density at radius 1 is 1.62 bits per heavy atom. The summed E-state index contributed by atoms with van der Waals surface area (Å²) in [5, 5.41) is 6.30. The van der Waals surface area contributed by atoms with Crippen LogP contribution >= 0.6 is 0 Å². The molecule has 0 aliphatic heterocycles. The zero-order chi connectivity index (χ0) is 9.68. The molecule has 0 saturated heterocycles. The lowest BCUT2D eigenvalue weighted by Crippen LogP contribution is -2.37. The Hall–Kier alpha value is -1.06. The van der Waals surface area contributed by atoms with E-state index in [2.05, 4.69) is 22.2 Å². The number of hydrogen-bond acceptors (Lipinski definition) is 3. The van der Waals surface area contributed by atoms with E-state index in [0.29, 0.717) is 12.0 Å². The summed E-state index contributed by atoms with van der Waals surface area (Å²) >= 11 is 0. The molecule has 2 unspecified atom stereocenters. The molecule has 4 heteroatoms. The summed E-state index contributed by atoms with van der Waals surface area (Å²) in [4.78, 5) is 15.6. The average molecular weight is 184 g/mol. The van der Waals surface area contributed by atoms with Gasteiger partial charge in [-0.15, -0.1) is 0 Å². The van der Waals surface area contributed by atoms with Crippen LogP contribution in [0.1, 0.15) is 26.2 Å². The molecule has 1 aliphatic rings. The zero-order valence-electron chi connectivity index (χ0n) is 8.12. The maximum absolute atomic E-state index is 11.2. The van der Waals surface area contributed by atoms with Gasteiger partial charge in [0.05, 0.1) is 0 Å². The van der Waals surface area contributed by atoms with Gasteiger partial charge in [-0.25, -0.2) is 0 Å². The number of nitrogens with one attached hydrogen (secondary N) is 1. The molecule has 1 amide bonds. The number of rotatable bonds is 3. The molecular formula is C9H16N2O2. The van der Waals surface area contributed by atoms with Gasteiger partial charge < -0.3 is 10.2 Å². The summed E-state index contributed by atoms with van der Waals surface area (Å²) in [6, 6.07) is 0.316. The summed E-state index contributed by atoms with van der Waals surface area (Å²) in [5.74, 6) is 0.417. The van der Waals surface area contributed by atoms with Crippen LogP contribution in [-0.4, -0.2) is 25.3 Å². The van der Waals surface area contributed by atoms with Gasteiger partial charge in [0.15, 0.2) is 0 Å². The van der Waals surface area contributed by atoms with Gasteiger partial charge in [-0.1, -0.05) is 18.5 Å². The highest BCUT2D eigenvalue weighted by atomic mass is 16.6. The molecule has 0 aromatic heterocycles. The van der Waals surface area contributed by atoms with Crippen molar-refractivity contribution in [1.82, 2.24) is 5.32 Å². The number of carbonyl (C=O) groups is 1. The van der Waals surface area contributed by atoms with Gasteiger partial charge in [0.1, 0.15) is 13.3 Å². The van der Waals surface area contributed by atoms with E-state index in [-0.39, 0.29) is 5.91 Å². The Bertz CT molecular complexity index is 204. The normalized spacial score (nSPS) is 27.8. The summed E-state index contributed by atoms with van der Waals surface area (Å²) < 4.78 is 0. The Morgan fingerprint density at radius 2 is 2.38 bits per heavy atom. The molecule has 2 atom stereocenters. The fraction of sp³-hybridized carbons (Fsp3) is 0.778. The molecule has 0 aromatic rings. The van der Waals surface area contributed by atoms with Gasteiger partial charge in [0.2, 0.25) is 0 Å². The molecule has 1 rings (SSSR count). The minimum absolute atomic E-state index is 0.166. The molecule has 0 heterocycles. The fourth-order valence-corrected chi connectivity index (χ4v) is 1.68. The quantitative estimate of drug-likeness (QED) is 0.524. The third-order valence-electron chi connectivity index (χ3n) is 2.46. The molecule has 0 aromatic carbocycles. The lowest BCUT2D eigenvalue weighted by molar-refractivity contribution is -0.115. The number of hydrogen-bond donors (Lipinski definition) is 1. The van der Waals surface area contributed by atoms with E-state index in [0.717, 1.165) is 6.42 Å². The molecule has 0 spiro atoms. The van der Waals surface area contributed by atoms with Crippen molar-refractivity contribution in [2.24, 2.45) is 11.1 Å². The third-order valence-corrected chi connectivity index (χ3v) is 2.46. The standard InChI is InChI=1S/C9H16N2O2/c1-7-4-3-5-8(7)11-9(12)6-10-13-2/h6-8H,3-5H2,1-2H3,(H,11,12)/b10-6+. The van der Waals surface area contributed by atoms with Crippen LogP contribution in [0.15, 0.2) is 5.16 Å². The molecule has 1 aliphatic carbocycles. The molecule has 74 valence electrons. The molecular weight excluding hydrogens is 168 g/mol. The summed E-state index contributed by atoms with van der Waals surface area (Å²) in [6.07, 6.45) is 4.65. The van der Waals surface area contributed by atoms with E-state index in [4.69, 9.17) is 0 Å². The van der Waals surface area contributed by atoms with Gasteiger partial charge in [0.25, 0.3) is 5.91 Å². The van der Waals surface area contributed by atoms with Crippen LogP contribution in [0, 0.1) is 5.92 Å². The first kappa shape index (κ1) is 10.0. The predicted octanol–water partition coefficient (Wildman–Crippen LogP) is 0.923. The highest BCUT2D eigenvalue weighted by molar-refractivity contribution is 6.26. The monoisotopic (exact) mass is 184 g/mol. The number of amides is 1. The molecule has 1 fully saturated rings. The maximum Gasteiger partial charge on any atom is 0.266 e. The molecule has 0 bridgehead atoms. The first-order chi connectivity index (χ1) is 6.24. The van der Waals surface area contributed by atoms with Gasteiger partial charge in [-0.3, -0.25) is 4.79 Å². The van der Waals surface area contributed by atoms with Crippen molar-refractivity contribution in [3.05, 3.63) is 0 Å². The van der Waals surface area contributed by atoms with Crippen LogP contribution in [0.2, 0.25) is 0 Å². The SMILES string of the molecule is CO/N=C/C(=O)NC1CCCC1C. The van der Waals surface area contributed by atoms with Crippen LogP contribution in [-0.2, 0) is 9.63 Å². The fourth-order valence-electron chi connectivity index (χ4n) is 1.68. The van der Waals surface area contributed by atoms with E-state index in [1.807, 2.05) is 0 Å². The van der Waals surface area contributed by atoms with Gasteiger partial charge in [-0.05, 0) is 18.8 Å². The van der Waals surface area contributed by atoms with Crippen LogP contribution in [0.4, 0.5) is 0 Å². The Kier molecular flexibility index (Phi) is 3.73. The van der Waals surface area contributed by atoms with Crippen molar-refractivity contribution in [2.45, 2.75) is 32.2 Å². The lowest BCUT2D eigenvalue weighted by Gasteiger charge is -2.15. The maximum atomic E-state index is 11.2. The van der Waals surface area contributed by atoms with Crippen LogP contribution in [0.3, 0.4) is 0 Å². The minimum atomic E-state index is -0.166. The third kappa shape index (κ3) is 3.05. The van der Waals surface area contributed by atoms with Gasteiger partial charge >= 0.3 is 0 Å². The molecule has 1 saturated carbocycles. The summed E-state index contributed by atoms with van der Waals surface area (Å²) in [7, 11) is 1.42. The Morgan fingerprint density at radius 3 is 2.92 bits per heavy atom. The van der Waals surface area contributed by atoms with Crippen molar-refractivity contribution in [3.63, 3.8) is 0 Å². The second-order valence-corrected chi connectivity index (χ2v) is 3.44. The number of carbonyl (C=O) groups excluding carboxylic acids is 1. The van der Waals surface area contributed by atoms with Crippen LogP contribution in [0.5, 0.6) is 0 Å². The second-order valence-electron chi connectivity index (χ2n) is 3.44. The van der Waals surface area contributed by atoms with E-state index >= 15 is 0 Å². The summed E-state index contributed by atoms with van der Waals surface area (Å²) in [6.45, 7) is 2.16. The van der Waals surface area contributed by atoms with Crippen molar-refractivity contribution in [1.29, 1.82) is 0 Å². The van der Waals surface area contributed by atoms with Crippen LogP contribution < -0.4 is 5.32 Å². The summed E-state index contributed by atoms with van der Waals surface area (Å²) in [5.41, 5.74) is 0. The van der Waals surface area contributed by atoms with Crippen molar-refractivity contribution >= 4 is 12.1 Å². The smallest absolute Gasteiger partial charge is 0.266 e. The highest BCUT2D eigenvalue weighted by Gasteiger charge is 2.23. The van der Waals surface area contributed by atoms with E-state index in [1.54, 1.807) is 0 Å². The lowest BCUT2D eigenvalue weighted by atomic mass is 10.1. The zero-order valence-corrected chi connectivity index (χ0v) is 8.12. The van der Waals surface area contributed by atoms with Gasteiger partial charge in [-0.2, -0.15) is 0 Å². The van der Waals surface area contributed by atoms with Crippen LogP contribution in [0.25, 0.3) is 0 Å². The predicted molar refractivity (Wildman–Crippen MR) is 50.4 cm³/mol. The van der Waals surface area contributed by atoms with Gasteiger partial charge in [0, 0.05) is 6.04 Å². The first-order valence-electron chi connectivity index (χ1n) is 4.61. The Balaban J connectivity index is 2.31. The van der Waals surface area contributed by atoms with Crippen molar-refractivity contribution < 1.29 is 9.63 Å². The highest BCUT2D eigenvalue weighted by Crippen LogP contribution is 2.24. The molecule has 13 heavy (non-hydrogen) atoms. The topological polar surface area (TPSA) is 50.7 Å². The number of nitrogens with zero attached hydrogens (tertiary/aromatic N) is 1. The van der Waals surface area contributed by atoms with E-state index in [9.17, 15) is 4.79 Å². The van der Waals surface area contributed by atoms with Crippen molar-refractivity contribution in [2.75, 3.05) is 7.11 Å². The Labute approximate surface area is 78.3 Å². The van der Waals surface area contributed by atoms with E-state index < -0.39 is 0 Å². The average Bonchev–Trinajstić information content (AvgIpc) is 2.48. The molecule has 1 N–H and O–H groups in total. The molecule has 0 radical (unpaired) electrons. The van der Waals surface area contributed by atoms with Crippen molar-refractivity contribution in [3.8, 4) is 0 Å². The van der Waals surface area contributed by atoms with E-state index in [1.165, 1.54) is 26.2 Å². The largest absolute Gasteiger partial charge is 0.399 e. The number of oxime groups is 1. The minimum Gasteiger partial charge on any atom is -0.399 e. The second kappa shape index (κ2) is 4.84.